The third-order valence-corrected chi connectivity index (χ3v) is 7.03. The van der Waals surface area contributed by atoms with Gasteiger partial charge in [0.05, 0.1) is 18.6 Å². The van der Waals surface area contributed by atoms with Gasteiger partial charge < -0.3 is 24.4 Å². The second-order valence-electron chi connectivity index (χ2n) is 8.92. The number of rotatable bonds is 4. The average Bonchev–Trinajstić information content (AvgIpc) is 3.00. The van der Waals surface area contributed by atoms with Gasteiger partial charge in [-0.2, -0.15) is 0 Å². The Morgan fingerprint density at radius 2 is 1.87 bits per heavy atom. The summed E-state index contributed by atoms with van der Waals surface area (Å²) in [5.74, 6) is -2.81. The Morgan fingerprint density at radius 1 is 1.13 bits per heavy atom. The molecular weight excluding hydrogens is 388 g/mol. The Kier molecular flexibility index (Phi) is 5.05. The van der Waals surface area contributed by atoms with Crippen molar-refractivity contribution in [2.45, 2.75) is 63.4 Å². The molecule has 4 rings (SSSR count). The zero-order valence-corrected chi connectivity index (χ0v) is 17.9. The predicted molar refractivity (Wildman–Crippen MR) is 107 cm³/mol. The van der Waals surface area contributed by atoms with Gasteiger partial charge in [0.1, 0.15) is 29.8 Å². The lowest BCUT2D eigenvalue weighted by Gasteiger charge is -2.40. The first-order valence-electron chi connectivity index (χ1n) is 10.7. The molecule has 0 bridgehead atoms. The molecule has 4 heterocycles. The van der Waals surface area contributed by atoms with Gasteiger partial charge in [-0.3, -0.25) is 14.4 Å². The number of cyclic esters (lactones) is 1. The number of hydrogen-bond donors (Lipinski definition) is 1. The van der Waals surface area contributed by atoms with E-state index in [0.717, 1.165) is 0 Å². The van der Waals surface area contributed by atoms with Gasteiger partial charge in [-0.15, -0.1) is 0 Å². The van der Waals surface area contributed by atoms with E-state index in [-0.39, 0.29) is 31.1 Å². The van der Waals surface area contributed by atoms with E-state index in [1.54, 1.807) is 24.0 Å². The fourth-order valence-corrected chi connectivity index (χ4v) is 5.58. The minimum atomic E-state index is -1.29. The van der Waals surface area contributed by atoms with Crippen molar-refractivity contribution < 1.29 is 29.0 Å². The number of amides is 2. The molecule has 6 atom stereocenters. The highest BCUT2D eigenvalue weighted by molar-refractivity contribution is 5.99. The van der Waals surface area contributed by atoms with Crippen LogP contribution in [0.1, 0.15) is 34.1 Å². The van der Waals surface area contributed by atoms with Crippen molar-refractivity contribution in [1.29, 1.82) is 0 Å². The lowest BCUT2D eigenvalue weighted by molar-refractivity contribution is -0.161. The maximum atomic E-state index is 13.8. The van der Waals surface area contributed by atoms with Crippen LogP contribution in [0.15, 0.2) is 24.3 Å². The molecule has 1 spiro atoms. The molecule has 2 fully saturated rings. The van der Waals surface area contributed by atoms with E-state index >= 15 is 0 Å². The summed E-state index contributed by atoms with van der Waals surface area (Å²) in [4.78, 5) is 43.6. The highest BCUT2D eigenvalue weighted by Crippen LogP contribution is 2.58. The second-order valence-corrected chi connectivity index (χ2v) is 8.92. The molecule has 0 aliphatic carbocycles. The summed E-state index contributed by atoms with van der Waals surface area (Å²) in [6, 6.07) is -1.61. The quantitative estimate of drug-likeness (QED) is 0.532. The van der Waals surface area contributed by atoms with Gasteiger partial charge in [-0.25, -0.2) is 0 Å². The van der Waals surface area contributed by atoms with Crippen LogP contribution in [0.5, 0.6) is 0 Å². The van der Waals surface area contributed by atoms with Crippen molar-refractivity contribution in [3.63, 3.8) is 0 Å². The molecule has 164 valence electrons. The van der Waals surface area contributed by atoms with Gasteiger partial charge in [-0.05, 0) is 33.3 Å². The van der Waals surface area contributed by atoms with E-state index in [0.29, 0.717) is 13.0 Å². The van der Waals surface area contributed by atoms with Crippen LogP contribution in [0.2, 0.25) is 0 Å². The SMILES string of the molecule is CC[C@@]12C=CCOC(=O)[C@@H]1[C@H]1C(=O)N([C@H](C)CO)C3C(=O)N(C(C)C)CC=C[C@@]31O2. The molecule has 0 aromatic heterocycles. The van der Waals surface area contributed by atoms with Crippen LogP contribution < -0.4 is 0 Å². The van der Waals surface area contributed by atoms with Crippen molar-refractivity contribution in [2.75, 3.05) is 19.8 Å². The summed E-state index contributed by atoms with van der Waals surface area (Å²) >= 11 is 0. The predicted octanol–water partition coefficient (Wildman–Crippen LogP) is 0.648. The molecule has 4 aliphatic rings. The molecule has 2 amide bonds. The molecule has 30 heavy (non-hydrogen) atoms. The van der Waals surface area contributed by atoms with Gasteiger partial charge >= 0.3 is 5.97 Å². The monoisotopic (exact) mass is 418 g/mol. The maximum absolute atomic E-state index is 13.8. The molecule has 4 aliphatic heterocycles. The molecule has 1 N–H and O–H groups in total. The molecule has 1 unspecified atom stereocenters. The van der Waals surface area contributed by atoms with Gasteiger partial charge in [-0.1, -0.05) is 25.2 Å². The van der Waals surface area contributed by atoms with Crippen molar-refractivity contribution in [1.82, 2.24) is 9.80 Å². The number of ether oxygens (including phenoxy) is 2. The van der Waals surface area contributed by atoms with Crippen LogP contribution in [-0.4, -0.2) is 81.8 Å². The largest absolute Gasteiger partial charge is 0.461 e. The summed E-state index contributed by atoms with van der Waals surface area (Å²) < 4.78 is 12.0. The molecule has 8 nitrogen and oxygen atoms in total. The van der Waals surface area contributed by atoms with Gasteiger partial charge in [0, 0.05) is 12.6 Å². The van der Waals surface area contributed by atoms with Crippen molar-refractivity contribution >= 4 is 17.8 Å². The zero-order valence-electron chi connectivity index (χ0n) is 17.9. The number of aliphatic hydroxyl groups is 1. The topological polar surface area (TPSA) is 96.4 Å². The summed E-state index contributed by atoms with van der Waals surface area (Å²) in [6.45, 7) is 7.68. The van der Waals surface area contributed by atoms with E-state index in [1.807, 2.05) is 32.9 Å². The Morgan fingerprint density at radius 3 is 2.50 bits per heavy atom. The normalized spacial score (nSPS) is 38.9. The third kappa shape index (κ3) is 2.62. The average molecular weight is 418 g/mol. The number of hydrogen-bond acceptors (Lipinski definition) is 6. The molecule has 0 aromatic carbocycles. The number of carbonyl (C=O) groups is 3. The van der Waals surface area contributed by atoms with E-state index in [4.69, 9.17) is 9.47 Å². The molecule has 0 saturated carbocycles. The van der Waals surface area contributed by atoms with Gasteiger partial charge in [0.2, 0.25) is 11.8 Å². The summed E-state index contributed by atoms with van der Waals surface area (Å²) in [5.41, 5.74) is -2.30. The molecule has 8 heteroatoms. The van der Waals surface area contributed by atoms with Crippen LogP contribution in [0.25, 0.3) is 0 Å². The standard InChI is InChI=1S/C22H30N2O6/c1-5-21-8-7-11-29-20(28)16(21)15-18(26)24(14(4)12-25)17-19(27)23(13(2)3)10-6-9-22(15,17)30-21/h6-9,13-17,25H,5,10-12H2,1-4H3/t14-,15+,16+,17?,21-,22+/m1/s1. The first kappa shape index (κ1) is 21.1. The Bertz CT molecular complexity index is 822. The summed E-state index contributed by atoms with van der Waals surface area (Å²) in [7, 11) is 0. The lowest BCUT2D eigenvalue weighted by atomic mass is 9.73. The van der Waals surface area contributed by atoms with Crippen molar-refractivity contribution in [3.8, 4) is 0 Å². The highest BCUT2D eigenvalue weighted by atomic mass is 16.6. The number of carbonyl (C=O) groups excluding carboxylic acids is 3. The van der Waals surface area contributed by atoms with Crippen LogP contribution in [0.4, 0.5) is 0 Å². The van der Waals surface area contributed by atoms with Crippen LogP contribution in [0.3, 0.4) is 0 Å². The van der Waals surface area contributed by atoms with Crippen molar-refractivity contribution in [3.05, 3.63) is 24.3 Å². The maximum Gasteiger partial charge on any atom is 0.313 e. The van der Waals surface area contributed by atoms with Gasteiger partial charge in [0.25, 0.3) is 0 Å². The molecular formula is C22H30N2O6. The first-order valence-corrected chi connectivity index (χ1v) is 10.7. The third-order valence-electron chi connectivity index (χ3n) is 7.03. The minimum Gasteiger partial charge on any atom is -0.461 e. The molecule has 0 radical (unpaired) electrons. The smallest absolute Gasteiger partial charge is 0.313 e. The van der Waals surface area contributed by atoms with Crippen LogP contribution in [-0.2, 0) is 23.9 Å². The van der Waals surface area contributed by atoms with Crippen LogP contribution >= 0.6 is 0 Å². The highest BCUT2D eigenvalue weighted by Gasteiger charge is 2.75. The number of esters is 1. The molecule has 0 aromatic rings. The van der Waals surface area contributed by atoms with E-state index in [2.05, 4.69) is 0 Å². The fourth-order valence-electron chi connectivity index (χ4n) is 5.58. The number of likely N-dealkylation sites (tertiary alicyclic amines) is 1. The molecule has 2 saturated heterocycles. The van der Waals surface area contributed by atoms with E-state index in [1.165, 1.54) is 4.90 Å². The number of aliphatic hydroxyl groups excluding tert-OH is 1. The first-order chi connectivity index (χ1) is 14.2. The second kappa shape index (κ2) is 7.20. The minimum absolute atomic E-state index is 0.0744. The Labute approximate surface area is 176 Å². The Hall–Kier alpha value is -2.19. The summed E-state index contributed by atoms with van der Waals surface area (Å²) in [6.07, 6.45) is 7.69. The van der Waals surface area contributed by atoms with E-state index < -0.39 is 41.1 Å². The summed E-state index contributed by atoms with van der Waals surface area (Å²) in [5, 5.41) is 9.84. The zero-order chi connectivity index (χ0) is 21.8. The van der Waals surface area contributed by atoms with E-state index in [9.17, 15) is 19.5 Å². The number of fused-ring (bicyclic) bond motifs is 2. The van der Waals surface area contributed by atoms with Crippen LogP contribution in [0, 0.1) is 11.8 Å². The lowest BCUT2D eigenvalue weighted by Crippen LogP contribution is -2.59. The Balaban J connectivity index is 1.93. The number of nitrogens with zero attached hydrogens (tertiary/aromatic N) is 2. The fraction of sp³-hybridized carbons (Fsp3) is 0.682. The van der Waals surface area contributed by atoms with Crippen molar-refractivity contribution in [2.24, 2.45) is 11.8 Å². The van der Waals surface area contributed by atoms with Gasteiger partial charge in [0.15, 0.2) is 0 Å².